The van der Waals surface area contributed by atoms with Crippen molar-refractivity contribution in [2.75, 3.05) is 32.0 Å². The summed E-state index contributed by atoms with van der Waals surface area (Å²) >= 11 is 0. The molecular formula is C30H29FN7O3+. The number of para-hydroxylation sites is 1. The molecule has 1 amide bonds. The van der Waals surface area contributed by atoms with Crippen molar-refractivity contribution in [1.29, 1.82) is 5.26 Å². The first-order valence-electron chi connectivity index (χ1n) is 13.4. The molecule has 0 saturated carbocycles. The summed E-state index contributed by atoms with van der Waals surface area (Å²) in [5.74, 6) is 0.662. The lowest BCUT2D eigenvalue weighted by molar-refractivity contribution is -0.128. The number of carbonyl (C=O) groups excluding carboxylic acids is 1. The zero-order valence-electron chi connectivity index (χ0n) is 22.5. The van der Waals surface area contributed by atoms with E-state index in [1.54, 1.807) is 41.5 Å². The number of nitrogens with zero attached hydrogens (tertiary/aromatic N) is 6. The van der Waals surface area contributed by atoms with Gasteiger partial charge in [0.05, 0.1) is 19.3 Å². The summed E-state index contributed by atoms with van der Waals surface area (Å²) in [5, 5.41) is 14.6. The van der Waals surface area contributed by atoms with Crippen LogP contribution in [0.4, 0.5) is 21.7 Å². The van der Waals surface area contributed by atoms with Crippen molar-refractivity contribution >= 4 is 29.4 Å². The second kappa shape index (κ2) is 10.4. The van der Waals surface area contributed by atoms with Gasteiger partial charge in [-0.25, -0.2) is 9.37 Å². The number of rotatable bonds is 7. The van der Waals surface area contributed by atoms with Crippen LogP contribution in [0.3, 0.4) is 0 Å². The predicted octanol–water partition coefficient (Wildman–Crippen LogP) is 4.45. The predicted molar refractivity (Wildman–Crippen MR) is 151 cm³/mol. The van der Waals surface area contributed by atoms with Crippen molar-refractivity contribution in [2.24, 2.45) is 10.5 Å². The van der Waals surface area contributed by atoms with Crippen LogP contribution in [0.2, 0.25) is 0 Å². The lowest BCUT2D eigenvalue weighted by atomic mass is 9.86. The zero-order valence-corrected chi connectivity index (χ0v) is 22.5. The second-order valence-electron chi connectivity index (χ2n) is 10.8. The van der Waals surface area contributed by atoms with Crippen molar-refractivity contribution in [3.8, 4) is 17.6 Å². The lowest BCUT2D eigenvalue weighted by Crippen LogP contribution is -2.50. The van der Waals surface area contributed by atoms with E-state index in [1.165, 1.54) is 12.4 Å². The number of quaternary nitrogens is 1. The Hall–Kier alpha value is -4.66. The Bertz CT molecular complexity index is 1600. The smallest absolute Gasteiger partial charge is 0.274 e. The standard InChI is InChI=1S/C30H29FN7O3/c1-30(17-40-18-30)13-20(14-32)29(39)37-11-5-6-21(37)16-38(28-24(15-36-38)27(33)34-19-35-28)26-10-9-23(12-25(26)31)41-22-7-3-2-4-8-22/h2-4,7-10,12-13,15,19,21H,5-6,11,16-18H2,1H3,(H2,33,34,35)/q+1/t21-,38?/m1/s1. The number of benzene rings is 2. The Balaban J connectivity index is 1.36. The van der Waals surface area contributed by atoms with Gasteiger partial charge in [-0.1, -0.05) is 36.3 Å². The number of hydrogen-bond acceptors (Lipinski definition) is 8. The van der Waals surface area contributed by atoms with E-state index in [-0.39, 0.29) is 45.6 Å². The molecule has 0 bridgehead atoms. The van der Waals surface area contributed by atoms with Crippen LogP contribution in [0.1, 0.15) is 25.3 Å². The molecule has 4 heterocycles. The third-order valence-electron chi connectivity index (χ3n) is 7.74. The molecule has 3 aliphatic rings. The quantitative estimate of drug-likeness (QED) is 0.260. The van der Waals surface area contributed by atoms with E-state index < -0.39 is 5.82 Å². The van der Waals surface area contributed by atoms with Gasteiger partial charge in [-0.3, -0.25) is 4.79 Å². The average molecular weight is 555 g/mol. The van der Waals surface area contributed by atoms with Crippen LogP contribution in [0, 0.1) is 22.6 Å². The van der Waals surface area contributed by atoms with Crippen molar-refractivity contribution in [1.82, 2.24) is 19.5 Å². The molecule has 41 heavy (non-hydrogen) atoms. The summed E-state index contributed by atoms with van der Waals surface area (Å²) in [6.45, 7) is 3.55. The van der Waals surface area contributed by atoms with Crippen LogP contribution in [0.5, 0.6) is 11.5 Å². The molecular weight excluding hydrogens is 525 g/mol. The molecule has 2 N–H and O–H groups in total. The van der Waals surface area contributed by atoms with Gasteiger partial charge in [-0.15, -0.1) is 4.59 Å². The first-order valence-corrected chi connectivity index (χ1v) is 13.4. The van der Waals surface area contributed by atoms with Crippen LogP contribution in [-0.4, -0.2) is 59.3 Å². The van der Waals surface area contributed by atoms with Gasteiger partial charge in [0.1, 0.15) is 53.6 Å². The van der Waals surface area contributed by atoms with Crippen molar-refractivity contribution < 1.29 is 18.7 Å². The molecule has 2 fully saturated rings. The summed E-state index contributed by atoms with van der Waals surface area (Å²) in [7, 11) is 0. The average Bonchev–Trinajstić information content (AvgIpc) is 3.57. The maximum atomic E-state index is 16.0. The number of anilines is 1. The highest BCUT2D eigenvalue weighted by Gasteiger charge is 2.49. The highest BCUT2D eigenvalue weighted by molar-refractivity contribution is 5.98. The Morgan fingerprint density at radius 2 is 2.07 bits per heavy atom. The molecule has 1 unspecified atom stereocenters. The number of nitriles is 1. The fourth-order valence-electron chi connectivity index (χ4n) is 5.66. The molecule has 3 aromatic rings. The highest BCUT2D eigenvalue weighted by Crippen LogP contribution is 2.44. The fourth-order valence-corrected chi connectivity index (χ4v) is 5.66. The van der Waals surface area contributed by atoms with Crippen molar-refractivity contribution in [3.05, 3.63) is 77.9 Å². The fraction of sp³-hybridized carbons (Fsp3) is 0.300. The maximum absolute atomic E-state index is 16.0. The number of hydrogen-bond donors (Lipinski definition) is 1. The van der Waals surface area contributed by atoms with E-state index in [4.69, 9.17) is 20.3 Å². The van der Waals surface area contributed by atoms with Gasteiger partial charge in [0.15, 0.2) is 5.82 Å². The van der Waals surface area contributed by atoms with E-state index in [1.807, 2.05) is 25.1 Å². The molecule has 11 heteroatoms. The Morgan fingerprint density at radius 3 is 2.78 bits per heavy atom. The number of ether oxygens (including phenoxy) is 2. The van der Waals surface area contributed by atoms with Crippen LogP contribution in [0.25, 0.3) is 0 Å². The molecule has 208 valence electrons. The Morgan fingerprint density at radius 1 is 1.27 bits per heavy atom. The summed E-state index contributed by atoms with van der Waals surface area (Å²) in [5.41, 5.74) is 6.62. The number of likely N-dealkylation sites (tertiary alicyclic amines) is 1. The van der Waals surface area contributed by atoms with Gasteiger partial charge < -0.3 is 20.1 Å². The number of halogens is 1. The third kappa shape index (κ3) is 4.81. The number of carbonyl (C=O) groups is 1. The summed E-state index contributed by atoms with van der Waals surface area (Å²) in [4.78, 5) is 23.9. The van der Waals surface area contributed by atoms with Crippen molar-refractivity contribution in [3.63, 3.8) is 0 Å². The molecule has 2 atom stereocenters. The topological polar surface area (TPSA) is 127 Å². The Labute approximate surface area is 236 Å². The normalized spacial score (nSPS) is 22.6. The molecule has 6 rings (SSSR count). The molecule has 10 nitrogen and oxygen atoms in total. The number of amides is 1. The van der Waals surface area contributed by atoms with E-state index in [2.05, 4.69) is 16.0 Å². The molecule has 1 aromatic heterocycles. The molecule has 0 aliphatic carbocycles. The molecule has 2 saturated heterocycles. The zero-order chi connectivity index (χ0) is 28.6. The minimum absolute atomic E-state index is 0.0831. The second-order valence-corrected chi connectivity index (χ2v) is 10.8. The van der Waals surface area contributed by atoms with E-state index >= 15 is 4.39 Å². The van der Waals surface area contributed by atoms with Gasteiger partial charge in [-0.2, -0.15) is 10.2 Å². The molecule has 0 radical (unpaired) electrons. The van der Waals surface area contributed by atoms with Gasteiger partial charge in [0.2, 0.25) is 5.69 Å². The summed E-state index contributed by atoms with van der Waals surface area (Å²) < 4.78 is 26.8. The van der Waals surface area contributed by atoms with Crippen LogP contribution in [0.15, 0.2) is 71.6 Å². The summed E-state index contributed by atoms with van der Waals surface area (Å²) in [6.07, 6.45) is 5.99. The van der Waals surface area contributed by atoms with Gasteiger partial charge in [-0.05, 0) is 31.0 Å². The first-order chi connectivity index (χ1) is 19.8. The SMILES string of the molecule is CC1(C=C(C#N)C(=O)N2CCC[C@@H]2C[N+]2(c3ccc(Oc4ccccc4)cc3F)N=Cc3c(N)ncnc32)COC1. The lowest BCUT2D eigenvalue weighted by Gasteiger charge is -2.36. The van der Waals surface area contributed by atoms with E-state index in [0.717, 1.165) is 6.42 Å². The minimum atomic E-state index is -0.549. The van der Waals surface area contributed by atoms with E-state index in [0.29, 0.717) is 49.1 Å². The first kappa shape index (κ1) is 26.6. The highest BCUT2D eigenvalue weighted by atomic mass is 19.1. The Kier molecular flexibility index (Phi) is 6.73. The largest absolute Gasteiger partial charge is 0.457 e. The summed E-state index contributed by atoms with van der Waals surface area (Å²) in [6, 6.07) is 15.5. The van der Waals surface area contributed by atoms with Crippen LogP contribution >= 0.6 is 0 Å². The van der Waals surface area contributed by atoms with Crippen LogP contribution < -0.4 is 15.1 Å². The molecule has 0 spiro atoms. The van der Waals surface area contributed by atoms with Gasteiger partial charge >= 0.3 is 0 Å². The van der Waals surface area contributed by atoms with Gasteiger partial charge in [0.25, 0.3) is 11.7 Å². The van der Waals surface area contributed by atoms with Crippen LogP contribution in [-0.2, 0) is 9.53 Å². The number of nitrogens with two attached hydrogens (primary N) is 1. The molecule has 2 aromatic carbocycles. The minimum Gasteiger partial charge on any atom is -0.457 e. The van der Waals surface area contributed by atoms with Crippen molar-refractivity contribution in [2.45, 2.75) is 25.8 Å². The monoisotopic (exact) mass is 554 g/mol. The number of nitrogen functional groups attached to an aromatic ring is 1. The van der Waals surface area contributed by atoms with E-state index in [9.17, 15) is 10.1 Å². The maximum Gasteiger partial charge on any atom is 0.274 e. The third-order valence-corrected chi connectivity index (χ3v) is 7.74. The number of fused-ring (bicyclic) bond motifs is 1. The molecule has 3 aliphatic heterocycles. The number of aromatic nitrogens is 2. The van der Waals surface area contributed by atoms with Gasteiger partial charge in [0, 0.05) is 24.1 Å².